The lowest BCUT2D eigenvalue weighted by Crippen LogP contribution is -2.07. The summed E-state index contributed by atoms with van der Waals surface area (Å²) in [6, 6.07) is 5.38. The maximum absolute atomic E-state index is 12.8. The van der Waals surface area contributed by atoms with E-state index in [1.54, 1.807) is 31.3 Å². The van der Waals surface area contributed by atoms with E-state index in [9.17, 15) is 4.39 Å². The highest BCUT2D eigenvalue weighted by Gasteiger charge is 1.97. The van der Waals surface area contributed by atoms with Gasteiger partial charge in [-0.3, -0.25) is 5.41 Å². The molecule has 3 nitrogen and oxygen atoms in total. The number of rotatable bonds is 5. The van der Waals surface area contributed by atoms with Crippen molar-refractivity contribution >= 4 is 16.8 Å². The summed E-state index contributed by atoms with van der Waals surface area (Å²) < 4.78 is 12.8. The summed E-state index contributed by atoms with van der Waals surface area (Å²) >= 11 is 5.66. The third-order valence-corrected chi connectivity index (χ3v) is 2.47. The number of hydrogen-bond donors (Lipinski definition) is 2. The summed E-state index contributed by atoms with van der Waals surface area (Å²) in [7, 11) is 0. The van der Waals surface area contributed by atoms with Gasteiger partial charge in [-0.15, -0.1) is 0 Å². The van der Waals surface area contributed by atoms with Crippen LogP contribution < -0.4 is 5.32 Å². The van der Waals surface area contributed by atoms with Crippen LogP contribution in [0.3, 0.4) is 0 Å². The predicted molar refractivity (Wildman–Crippen MR) is 84.8 cm³/mol. The Morgan fingerprint density at radius 3 is 2.95 bits per heavy atom. The van der Waals surface area contributed by atoms with Crippen LogP contribution in [0.1, 0.15) is 12.6 Å². The minimum absolute atomic E-state index is 0.172. The normalized spacial score (nSPS) is 12.0. The van der Waals surface area contributed by atoms with Gasteiger partial charge in [0.25, 0.3) is 0 Å². The number of aromatic nitrogens is 1. The average Bonchev–Trinajstić information content (AvgIpc) is 2.50. The molecule has 0 bridgehead atoms. The third kappa shape index (κ3) is 7.09. The van der Waals surface area contributed by atoms with Crippen LogP contribution >= 0.6 is 11.6 Å². The van der Waals surface area contributed by atoms with Crippen LogP contribution in [0, 0.1) is 17.3 Å². The zero-order valence-electron chi connectivity index (χ0n) is 11.5. The number of allylic oxidation sites excluding steroid dienone is 4. The fourth-order valence-corrected chi connectivity index (χ4v) is 1.32. The zero-order valence-corrected chi connectivity index (χ0v) is 12.3. The van der Waals surface area contributed by atoms with Crippen molar-refractivity contribution in [3.05, 3.63) is 65.9 Å². The maximum Gasteiger partial charge on any atom is 0.138 e. The highest BCUT2D eigenvalue weighted by molar-refractivity contribution is 6.69. The fraction of sp³-hybridized carbons (Fsp3) is 0.125. The van der Waals surface area contributed by atoms with Crippen LogP contribution in [0.2, 0.25) is 0 Å². The minimum atomic E-state index is -0.305. The first-order valence-corrected chi connectivity index (χ1v) is 6.60. The van der Waals surface area contributed by atoms with E-state index in [1.807, 2.05) is 6.07 Å². The molecule has 0 saturated heterocycles. The largest absolute Gasteiger partial charge is 0.386 e. The molecule has 0 unspecified atom stereocenters. The Kier molecular flexibility index (Phi) is 7.55. The van der Waals surface area contributed by atoms with Crippen molar-refractivity contribution in [2.45, 2.75) is 6.92 Å². The highest BCUT2D eigenvalue weighted by atomic mass is 35.5. The van der Waals surface area contributed by atoms with Crippen molar-refractivity contribution in [1.82, 2.24) is 10.3 Å². The van der Waals surface area contributed by atoms with Gasteiger partial charge in [-0.25, -0.2) is 9.37 Å². The molecule has 0 aliphatic rings. The topological polar surface area (TPSA) is 48.8 Å². The van der Waals surface area contributed by atoms with Crippen molar-refractivity contribution in [3.63, 3.8) is 0 Å². The Morgan fingerprint density at radius 2 is 2.33 bits per heavy atom. The van der Waals surface area contributed by atoms with Crippen LogP contribution in [0.5, 0.6) is 0 Å². The van der Waals surface area contributed by atoms with Crippen molar-refractivity contribution in [1.29, 1.82) is 5.41 Å². The molecule has 2 N–H and O–H groups in total. The fourth-order valence-electron chi connectivity index (χ4n) is 1.22. The molecule has 108 valence electrons. The molecule has 0 spiro atoms. The Balaban J connectivity index is 2.66. The lowest BCUT2D eigenvalue weighted by Gasteiger charge is -1.97. The molecule has 5 heteroatoms. The molecule has 1 aromatic heterocycles. The van der Waals surface area contributed by atoms with Crippen molar-refractivity contribution < 1.29 is 4.39 Å². The molecule has 0 fully saturated rings. The zero-order chi connectivity index (χ0) is 15.5. The smallest absolute Gasteiger partial charge is 0.138 e. The van der Waals surface area contributed by atoms with Gasteiger partial charge in [-0.05, 0) is 31.1 Å². The van der Waals surface area contributed by atoms with E-state index in [0.29, 0.717) is 17.8 Å². The number of halogens is 2. The van der Waals surface area contributed by atoms with E-state index in [4.69, 9.17) is 17.0 Å². The first-order chi connectivity index (χ1) is 10.1. The second kappa shape index (κ2) is 9.51. The second-order valence-electron chi connectivity index (χ2n) is 3.82. The quantitative estimate of drug-likeness (QED) is 0.378. The van der Waals surface area contributed by atoms with Gasteiger partial charge in [-0.1, -0.05) is 35.7 Å². The Bertz CT molecular complexity index is 622. The molecule has 0 amide bonds. The van der Waals surface area contributed by atoms with Crippen LogP contribution in [-0.4, -0.2) is 16.7 Å². The number of hydrogen-bond acceptors (Lipinski definition) is 3. The molecule has 21 heavy (non-hydrogen) atoms. The molecule has 0 atom stereocenters. The lowest BCUT2D eigenvalue weighted by molar-refractivity contribution is 0.664. The van der Waals surface area contributed by atoms with Crippen LogP contribution in [0.4, 0.5) is 4.39 Å². The Hall–Kier alpha value is -2.38. The van der Waals surface area contributed by atoms with Crippen LogP contribution in [0.25, 0.3) is 0 Å². The highest BCUT2D eigenvalue weighted by Crippen LogP contribution is 2.00. The molecular formula is C16H15ClFN3. The predicted octanol–water partition coefficient (Wildman–Crippen LogP) is 3.55. The molecule has 0 aromatic carbocycles. The molecule has 0 saturated carbocycles. The van der Waals surface area contributed by atoms with Crippen molar-refractivity contribution in [2.75, 3.05) is 6.54 Å². The summed E-state index contributed by atoms with van der Waals surface area (Å²) in [5, 5.41) is 10.2. The monoisotopic (exact) mass is 303 g/mol. The first kappa shape index (κ1) is 16.7. The maximum atomic E-state index is 12.8. The Morgan fingerprint density at radius 1 is 1.52 bits per heavy atom. The van der Waals surface area contributed by atoms with Crippen molar-refractivity contribution in [3.8, 4) is 11.8 Å². The third-order valence-electron chi connectivity index (χ3n) is 2.26. The van der Waals surface area contributed by atoms with E-state index in [-0.39, 0.29) is 11.0 Å². The van der Waals surface area contributed by atoms with E-state index in [2.05, 4.69) is 22.1 Å². The molecule has 0 aliphatic heterocycles. The molecule has 1 rings (SSSR count). The van der Waals surface area contributed by atoms with Crippen LogP contribution in [-0.2, 0) is 0 Å². The number of nitrogens with zero attached hydrogens (tertiary/aromatic N) is 1. The van der Waals surface area contributed by atoms with Gasteiger partial charge in [0, 0.05) is 18.9 Å². The van der Waals surface area contributed by atoms with Crippen molar-refractivity contribution in [2.24, 2.45) is 0 Å². The van der Waals surface area contributed by atoms with E-state index < -0.39 is 0 Å². The molecule has 1 heterocycles. The second-order valence-corrected chi connectivity index (χ2v) is 4.20. The van der Waals surface area contributed by atoms with E-state index in [1.165, 1.54) is 18.4 Å². The first-order valence-electron chi connectivity index (χ1n) is 6.23. The summed E-state index contributed by atoms with van der Waals surface area (Å²) in [4.78, 5) is 4.05. The Labute approximate surface area is 128 Å². The van der Waals surface area contributed by atoms with Gasteiger partial charge in [0.2, 0.25) is 0 Å². The molecule has 0 radical (unpaired) electrons. The van der Waals surface area contributed by atoms with Gasteiger partial charge >= 0.3 is 0 Å². The van der Waals surface area contributed by atoms with Gasteiger partial charge in [0.1, 0.15) is 16.7 Å². The molecule has 0 aliphatic carbocycles. The summed E-state index contributed by atoms with van der Waals surface area (Å²) in [6.45, 7) is 2.02. The summed E-state index contributed by atoms with van der Waals surface area (Å²) in [6.07, 6.45) is 7.49. The average molecular weight is 304 g/mol. The van der Waals surface area contributed by atoms with Gasteiger partial charge in [0.05, 0.1) is 5.57 Å². The lowest BCUT2D eigenvalue weighted by atomic mass is 10.3. The molecular weight excluding hydrogens is 289 g/mol. The van der Waals surface area contributed by atoms with Crippen LogP contribution in [0.15, 0.2) is 60.2 Å². The summed E-state index contributed by atoms with van der Waals surface area (Å²) in [5.74, 6) is 5.27. The number of nitrogens with one attached hydrogen (secondary N) is 2. The standard InChI is InChI=1S/C16H15ClFN3/c1-2-14(18)6-5-10-20-12-13(16(17)19)8-9-15-7-3-4-11-21-15/h2-7,11-12,19-20H,10H2,1H3/b6-5-,13-12-,14-2+,19-16?. The van der Waals surface area contributed by atoms with Gasteiger partial charge in [-0.2, -0.15) is 0 Å². The van der Waals surface area contributed by atoms with Gasteiger partial charge in [0.15, 0.2) is 0 Å². The number of pyridine rings is 1. The SMILES string of the molecule is C/C=C(F)\C=C/CN/C=C(/C#Cc1ccccn1)C(=N)Cl. The van der Waals surface area contributed by atoms with E-state index >= 15 is 0 Å². The summed E-state index contributed by atoms with van der Waals surface area (Å²) in [5.41, 5.74) is 0.929. The van der Waals surface area contributed by atoms with Gasteiger partial charge < -0.3 is 5.32 Å². The molecule has 1 aromatic rings. The van der Waals surface area contributed by atoms with E-state index in [0.717, 1.165) is 0 Å². The minimum Gasteiger partial charge on any atom is -0.386 e.